The fourth-order valence-electron chi connectivity index (χ4n) is 2.65. The SMILES string of the molecule is CCn1cc(CN(C)C(=O)c2ccn(COc3ccc(F)c(Cl)c3)n2)c(C)n1. The Kier molecular flexibility index (Phi) is 5.99. The summed E-state index contributed by atoms with van der Waals surface area (Å²) in [6.45, 7) is 5.24. The van der Waals surface area contributed by atoms with Crippen molar-refractivity contribution in [3.8, 4) is 5.75 Å². The van der Waals surface area contributed by atoms with Crippen molar-refractivity contribution in [3.63, 3.8) is 0 Å². The lowest BCUT2D eigenvalue weighted by Gasteiger charge is -2.15. The molecule has 0 saturated carbocycles. The molecular weight excluding hydrogens is 385 g/mol. The molecule has 148 valence electrons. The van der Waals surface area contributed by atoms with Crippen LogP contribution in [0.2, 0.25) is 5.02 Å². The smallest absolute Gasteiger partial charge is 0.274 e. The summed E-state index contributed by atoms with van der Waals surface area (Å²) in [5.74, 6) is -0.300. The van der Waals surface area contributed by atoms with Gasteiger partial charge in [0.2, 0.25) is 0 Å². The highest BCUT2D eigenvalue weighted by Crippen LogP contribution is 2.21. The Balaban J connectivity index is 1.61. The maximum atomic E-state index is 13.2. The first-order valence-electron chi connectivity index (χ1n) is 8.77. The van der Waals surface area contributed by atoms with Gasteiger partial charge in [0, 0.05) is 44.2 Å². The first-order chi connectivity index (χ1) is 13.4. The quantitative estimate of drug-likeness (QED) is 0.603. The molecule has 0 aliphatic rings. The van der Waals surface area contributed by atoms with E-state index in [1.165, 1.54) is 22.9 Å². The molecular formula is C19H21ClFN5O2. The van der Waals surface area contributed by atoms with E-state index < -0.39 is 5.82 Å². The zero-order valence-corrected chi connectivity index (χ0v) is 16.6. The van der Waals surface area contributed by atoms with E-state index in [4.69, 9.17) is 16.3 Å². The number of benzene rings is 1. The second-order valence-corrected chi connectivity index (χ2v) is 6.75. The lowest BCUT2D eigenvalue weighted by atomic mass is 10.2. The third-order valence-electron chi connectivity index (χ3n) is 4.24. The highest BCUT2D eigenvalue weighted by atomic mass is 35.5. The van der Waals surface area contributed by atoms with Crippen LogP contribution in [0.25, 0.3) is 0 Å². The molecule has 2 heterocycles. The molecule has 28 heavy (non-hydrogen) atoms. The number of nitrogens with zero attached hydrogens (tertiary/aromatic N) is 5. The van der Waals surface area contributed by atoms with Gasteiger partial charge in [0.25, 0.3) is 5.91 Å². The van der Waals surface area contributed by atoms with Crippen molar-refractivity contribution in [3.05, 3.63) is 64.5 Å². The first kappa shape index (κ1) is 19.9. The molecule has 0 aliphatic heterocycles. The lowest BCUT2D eigenvalue weighted by molar-refractivity contribution is 0.0777. The highest BCUT2D eigenvalue weighted by molar-refractivity contribution is 6.30. The van der Waals surface area contributed by atoms with Crippen molar-refractivity contribution in [2.24, 2.45) is 0 Å². The van der Waals surface area contributed by atoms with Crippen LogP contribution in [0, 0.1) is 12.7 Å². The zero-order chi connectivity index (χ0) is 20.3. The number of hydrogen-bond donors (Lipinski definition) is 0. The molecule has 2 aromatic heterocycles. The second-order valence-electron chi connectivity index (χ2n) is 6.35. The van der Waals surface area contributed by atoms with Gasteiger partial charge in [-0.05, 0) is 32.0 Å². The number of aryl methyl sites for hydroxylation is 2. The fourth-order valence-corrected chi connectivity index (χ4v) is 2.82. The number of hydrogen-bond acceptors (Lipinski definition) is 4. The largest absolute Gasteiger partial charge is 0.471 e. The van der Waals surface area contributed by atoms with Crippen LogP contribution in [0.5, 0.6) is 5.75 Å². The number of aromatic nitrogens is 4. The summed E-state index contributed by atoms with van der Waals surface area (Å²) in [6.07, 6.45) is 3.59. The van der Waals surface area contributed by atoms with Crippen molar-refractivity contribution in [1.29, 1.82) is 0 Å². The summed E-state index contributed by atoms with van der Waals surface area (Å²) >= 11 is 5.73. The minimum Gasteiger partial charge on any atom is -0.471 e. The normalized spacial score (nSPS) is 10.9. The molecule has 0 bridgehead atoms. The van der Waals surface area contributed by atoms with Crippen molar-refractivity contribution in [1.82, 2.24) is 24.5 Å². The van der Waals surface area contributed by atoms with Crippen LogP contribution in [0.4, 0.5) is 4.39 Å². The number of rotatable bonds is 7. The number of halogens is 2. The second kappa shape index (κ2) is 8.43. The summed E-state index contributed by atoms with van der Waals surface area (Å²) in [5, 5.41) is 8.62. The summed E-state index contributed by atoms with van der Waals surface area (Å²) in [6, 6.07) is 5.72. The van der Waals surface area contributed by atoms with E-state index in [2.05, 4.69) is 10.2 Å². The Labute approximate surface area is 167 Å². The van der Waals surface area contributed by atoms with Gasteiger partial charge in [-0.1, -0.05) is 11.6 Å². The van der Waals surface area contributed by atoms with Gasteiger partial charge < -0.3 is 9.64 Å². The predicted octanol–water partition coefficient (Wildman–Crippen LogP) is 3.51. The molecule has 0 N–H and O–H groups in total. The monoisotopic (exact) mass is 405 g/mol. The van der Waals surface area contributed by atoms with Crippen LogP contribution in [0.15, 0.2) is 36.7 Å². The number of ether oxygens (including phenoxy) is 1. The maximum Gasteiger partial charge on any atom is 0.274 e. The number of carbonyl (C=O) groups excluding carboxylic acids is 1. The Morgan fingerprint density at radius 2 is 2.07 bits per heavy atom. The summed E-state index contributed by atoms with van der Waals surface area (Å²) in [7, 11) is 1.72. The molecule has 9 heteroatoms. The minimum atomic E-state index is -0.510. The van der Waals surface area contributed by atoms with Gasteiger partial charge >= 0.3 is 0 Å². The zero-order valence-electron chi connectivity index (χ0n) is 15.9. The predicted molar refractivity (Wildman–Crippen MR) is 103 cm³/mol. The summed E-state index contributed by atoms with van der Waals surface area (Å²) < 4.78 is 22.0. The number of carbonyl (C=O) groups is 1. The molecule has 0 spiro atoms. The molecule has 7 nitrogen and oxygen atoms in total. The van der Waals surface area contributed by atoms with Crippen molar-refractivity contribution in [2.75, 3.05) is 7.05 Å². The lowest BCUT2D eigenvalue weighted by Crippen LogP contribution is -2.27. The molecule has 0 aliphatic carbocycles. The van der Waals surface area contributed by atoms with Gasteiger partial charge in [0.05, 0.1) is 10.7 Å². The third-order valence-corrected chi connectivity index (χ3v) is 4.53. The van der Waals surface area contributed by atoms with Crippen LogP contribution < -0.4 is 4.74 Å². The Morgan fingerprint density at radius 1 is 1.29 bits per heavy atom. The Bertz CT molecular complexity index is 985. The maximum absolute atomic E-state index is 13.2. The summed E-state index contributed by atoms with van der Waals surface area (Å²) in [4.78, 5) is 14.2. The van der Waals surface area contributed by atoms with Gasteiger partial charge in [-0.15, -0.1) is 0 Å². The molecule has 0 unspecified atom stereocenters. The molecule has 0 fully saturated rings. The minimum absolute atomic E-state index is 0.0165. The molecule has 3 rings (SSSR count). The van der Waals surface area contributed by atoms with Crippen molar-refractivity contribution in [2.45, 2.75) is 33.7 Å². The van der Waals surface area contributed by atoms with Crippen LogP contribution in [0.3, 0.4) is 0 Å². The average molecular weight is 406 g/mol. The van der Waals surface area contributed by atoms with E-state index in [0.29, 0.717) is 18.0 Å². The van der Waals surface area contributed by atoms with E-state index in [1.807, 2.05) is 24.7 Å². The molecule has 0 atom stereocenters. The van der Waals surface area contributed by atoms with E-state index in [9.17, 15) is 9.18 Å². The Morgan fingerprint density at radius 3 is 2.75 bits per heavy atom. The molecule has 0 radical (unpaired) electrons. The van der Waals surface area contributed by atoms with Crippen molar-refractivity contribution >= 4 is 17.5 Å². The first-order valence-corrected chi connectivity index (χ1v) is 9.15. The van der Waals surface area contributed by atoms with Gasteiger partial charge in [0.15, 0.2) is 12.4 Å². The highest BCUT2D eigenvalue weighted by Gasteiger charge is 2.17. The standard InChI is InChI=1S/C19H21ClFN5O2/c1-4-25-11-14(13(2)22-25)10-24(3)19(27)18-7-8-26(23-18)12-28-15-5-6-17(21)16(20)9-15/h5-9,11H,4,10,12H2,1-3H3. The van der Waals surface area contributed by atoms with Gasteiger partial charge in [-0.25, -0.2) is 9.07 Å². The summed E-state index contributed by atoms with van der Waals surface area (Å²) in [5.41, 5.74) is 2.20. The van der Waals surface area contributed by atoms with Gasteiger partial charge in [-0.3, -0.25) is 9.48 Å². The average Bonchev–Trinajstić information content (AvgIpc) is 3.29. The molecule has 0 saturated heterocycles. The number of amides is 1. The van der Waals surface area contributed by atoms with Crippen LogP contribution in [0.1, 0.15) is 28.7 Å². The van der Waals surface area contributed by atoms with Gasteiger partial charge in [-0.2, -0.15) is 10.2 Å². The molecule has 3 aromatic rings. The van der Waals surface area contributed by atoms with E-state index in [0.717, 1.165) is 17.8 Å². The van der Waals surface area contributed by atoms with Crippen LogP contribution >= 0.6 is 11.6 Å². The van der Waals surface area contributed by atoms with Gasteiger partial charge in [0.1, 0.15) is 11.6 Å². The molecule has 1 amide bonds. The topological polar surface area (TPSA) is 65.2 Å². The van der Waals surface area contributed by atoms with Crippen molar-refractivity contribution < 1.29 is 13.9 Å². The molecule has 1 aromatic carbocycles. The Hall–Kier alpha value is -2.87. The van der Waals surface area contributed by atoms with Crippen LogP contribution in [-0.2, 0) is 19.8 Å². The van der Waals surface area contributed by atoms with Crippen LogP contribution in [-0.4, -0.2) is 37.4 Å². The third kappa shape index (κ3) is 4.51. The van der Waals surface area contributed by atoms with E-state index in [1.54, 1.807) is 24.2 Å². The fraction of sp³-hybridized carbons (Fsp3) is 0.316. The van der Waals surface area contributed by atoms with E-state index >= 15 is 0 Å². The van der Waals surface area contributed by atoms with E-state index in [-0.39, 0.29) is 17.7 Å².